The van der Waals surface area contributed by atoms with Crippen LogP contribution in [0.3, 0.4) is 0 Å². The van der Waals surface area contributed by atoms with Gasteiger partial charge in [0.1, 0.15) is 11.5 Å². The minimum absolute atomic E-state index is 0.239. The quantitative estimate of drug-likeness (QED) is 0.425. The molecule has 1 aromatic carbocycles. The molecule has 8 nitrogen and oxygen atoms in total. The van der Waals surface area contributed by atoms with Crippen molar-refractivity contribution in [3.8, 4) is 33.2 Å². The second-order valence-corrected chi connectivity index (χ2v) is 8.48. The zero-order chi connectivity index (χ0) is 21.7. The molecular formula is C23H15N7OS. The summed E-state index contributed by atoms with van der Waals surface area (Å²) in [4.78, 5) is 42.8. The van der Waals surface area contributed by atoms with Crippen molar-refractivity contribution in [2.24, 2.45) is 0 Å². The first-order valence-corrected chi connectivity index (χ1v) is 10.7. The van der Waals surface area contributed by atoms with Crippen molar-refractivity contribution in [2.45, 2.75) is 6.92 Å². The Morgan fingerprint density at radius 2 is 1.91 bits per heavy atom. The minimum Gasteiger partial charge on any atom is -0.344 e. The maximum Gasteiger partial charge on any atom is 0.220 e. The Morgan fingerprint density at radius 1 is 0.969 bits per heavy atom. The third kappa shape index (κ3) is 2.98. The number of pyridine rings is 2. The molecule has 6 rings (SSSR count). The summed E-state index contributed by atoms with van der Waals surface area (Å²) in [7, 11) is 0. The van der Waals surface area contributed by atoms with Crippen molar-refractivity contribution in [3.05, 3.63) is 76.5 Å². The zero-order valence-corrected chi connectivity index (χ0v) is 17.6. The molecule has 0 fully saturated rings. The smallest absolute Gasteiger partial charge is 0.220 e. The number of benzene rings is 1. The van der Waals surface area contributed by atoms with Gasteiger partial charge in [-0.3, -0.25) is 9.78 Å². The van der Waals surface area contributed by atoms with E-state index in [0.29, 0.717) is 28.4 Å². The highest BCUT2D eigenvalue weighted by Crippen LogP contribution is 2.34. The number of aromatic amines is 2. The summed E-state index contributed by atoms with van der Waals surface area (Å²) in [6.07, 6.45) is 8.44. The van der Waals surface area contributed by atoms with Crippen molar-refractivity contribution in [2.75, 3.05) is 0 Å². The minimum atomic E-state index is -0.239. The normalized spacial score (nSPS) is 11.4. The fraction of sp³-hybridized carbons (Fsp3) is 0.0435. The lowest BCUT2D eigenvalue weighted by Gasteiger charge is -2.10. The van der Waals surface area contributed by atoms with Crippen LogP contribution < -0.4 is 5.43 Å². The number of thiazole rings is 1. The second-order valence-electron chi connectivity index (χ2n) is 7.24. The Kier molecular flexibility index (Phi) is 4.15. The van der Waals surface area contributed by atoms with Crippen molar-refractivity contribution >= 4 is 33.4 Å². The SMILES string of the molecule is Cc1ncc(-c2nc3[nH]cc(-c4ncc[nH]4)c(=O)c3nc2-c2ccc3ncccc3c2)s1. The summed E-state index contributed by atoms with van der Waals surface area (Å²) < 4.78 is 0. The van der Waals surface area contributed by atoms with Crippen LogP contribution >= 0.6 is 11.3 Å². The lowest BCUT2D eigenvalue weighted by Crippen LogP contribution is -2.11. The molecule has 0 bridgehead atoms. The number of H-pyrrole nitrogens is 2. The molecule has 0 saturated heterocycles. The zero-order valence-electron chi connectivity index (χ0n) is 16.8. The Balaban J connectivity index is 1.66. The van der Waals surface area contributed by atoms with E-state index in [1.165, 1.54) is 11.3 Å². The van der Waals surface area contributed by atoms with Gasteiger partial charge in [-0.05, 0) is 25.1 Å². The maximum atomic E-state index is 13.3. The maximum absolute atomic E-state index is 13.3. The number of fused-ring (bicyclic) bond motifs is 2. The number of hydrogen-bond donors (Lipinski definition) is 2. The summed E-state index contributed by atoms with van der Waals surface area (Å²) >= 11 is 1.53. The van der Waals surface area contributed by atoms with E-state index in [1.807, 2.05) is 37.3 Å². The van der Waals surface area contributed by atoms with Crippen LogP contribution in [0.25, 0.3) is 55.3 Å². The van der Waals surface area contributed by atoms with E-state index < -0.39 is 0 Å². The van der Waals surface area contributed by atoms with Crippen LogP contribution in [-0.2, 0) is 0 Å². The summed E-state index contributed by atoms with van der Waals surface area (Å²) in [5.41, 5.74) is 3.87. The van der Waals surface area contributed by atoms with Gasteiger partial charge in [0.15, 0.2) is 11.2 Å². The van der Waals surface area contributed by atoms with Crippen LogP contribution in [0, 0.1) is 6.92 Å². The Morgan fingerprint density at radius 3 is 2.72 bits per heavy atom. The van der Waals surface area contributed by atoms with E-state index in [0.717, 1.165) is 26.4 Å². The molecule has 5 heterocycles. The molecule has 0 spiro atoms. The average molecular weight is 437 g/mol. The number of aryl methyl sites for hydroxylation is 1. The fourth-order valence-electron chi connectivity index (χ4n) is 3.68. The largest absolute Gasteiger partial charge is 0.344 e. The van der Waals surface area contributed by atoms with E-state index in [9.17, 15) is 4.79 Å². The third-order valence-electron chi connectivity index (χ3n) is 5.19. The van der Waals surface area contributed by atoms with Crippen LogP contribution in [-0.4, -0.2) is 34.9 Å². The molecule has 0 aliphatic carbocycles. The van der Waals surface area contributed by atoms with E-state index in [4.69, 9.17) is 9.97 Å². The van der Waals surface area contributed by atoms with Gasteiger partial charge in [-0.2, -0.15) is 0 Å². The molecular weight excluding hydrogens is 422 g/mol. The Hall–Kier alpha value is -4.24. The lowest BCUT2D eigenvalue weighted by molar-refractivity contribution is 1.20. The van der Waals surface area contributed by atoms with Crippen molar-refractivity contribution in [3.63, 3.8) is 0 Å². The second kappa shape index (κ2) is 7.17. The van der Waals surface area contributed by atoms with Gasteiger partial charge in [-0.15, -0.1) is 11.3 Å². The first-order valence-electron chi connectivity index (χ1n) is 9.88. The number of rotatable bonds is 3. The highest BCUT2D eigenvalue weighted by molar-refractivity contribution is 7.15. The molecule has 9 heteroatoms. The molecule has 154 valence electrons. The molecule has 0 unspecified atom stereocenters. The molecule has 0 atom stereocenters. The summed E-state index contributed by atoms with van der Waals surface area (Å²) in [5.74, 6) is 0.482. The van der Waals surface area contributed by atoms with Crippen LogP contribution in [0.5, 0.6) is 0 Å². The van der Waals surface area contributed by atoms with Gasteiger partial charge in [-0.25, -0.2) is 19.9 Å². The molecule has 5 aromatic heterocycles. The van der Waals surface area contributed by atoms with Crippen LogP contribution in [0.15, 0.2) is 66.1 Å². The van der Waals surface area contributed by atoms with Crippen molar-refractivity contribution < 1.29 is 0 Å². The predicted octanol–water partition coefficient (Wildman–Crippen LogP) is 4.36. The van der Waals surface area contributed by atoms with E-state index in [-0.39, 0.29) is 10.9 Å². The number of nitrogens with one attached hydrogen (secondary N) is 2. The fourth-order valence-corrected chi connectivity index (χ4v) is 4.45. The average Bonchev–Trinajstić information content (AvgIpc) is 3.50. The van der Waals surface area contributed by atoms with Gasteiger partial charge < -0.3 is 9.97 Å². The number of nitrogens with zero attached hydrogens (tertiary/aromatic N) is 5. The lowest BCUT2D eigenvalue weighted by atomic mass is 10.1. The molecule has 0 saturated carbocycles. The van der Waals surface area contributed by atoms with E-state index in [2.05, 4.69) is 24.9 Å². The monoisotopic (exact) mass is 437 g/mol. The molecule has 0 aliphatic rings. The summed E-state index contributed by atoms with van der Waals surface area (Å²) in [6, 6.07) is 9.81. The van der Waals surface area contributed by atoms with Gasteiger partial charge in [0.25, 0.3) is 0 Å². The van der Waals surface area contributed by atoms with Crippen LogP contribution in [0.4, 0.5) is 0 Å². The standard InChI is InChI=1S/C23H15N7OS/c1-12-27-11-17(32-12)19-18(14-4-5-16-13(9-14)3-2-6-24-16)29-20-21(31)15(10-28-23(20)30-19)22-25-7-8-26-22/h2-11H,1H3,(H,25,26)(H,28,30,31). The Bertz CT molecular complexity index is 1670. The first-order chi connectivity index (χ1) is 15.7. The van der Waals surface area contributed by atoms with Gasteiger partial charge in [0, 0.05) is 41.9 Å². The molecule has 32 heavy (non-hydrogen) atoms. The molecule has 0 amide bonds. The topological polar surface area (TPSA) is 113 Å². The third-order valence-corrected chi connectivity index (χ3v) is 6.11. The highest BCUT2D eigenvalue weighted by atomic mass is 32.1. The van der Waals surface area contributed by atoms with E-state index in [1.54, 1.807) is 31.0 Å². The van der Waals surface area contributed by atoms with Crippen LogP contribution in [0.1, 0.15) is 5.01 Å². The Labute approximate surface area is 185 Å². The van der Waals surface area contributed by atoms with Crippen molar-refractivity contribution in [1.82, 2.24) is 34.9 Å². The molecule has 6 aromatic rings. The molecule has 0 aliphatic heterocycles. The van der Waals surface area contributed by atoms with Gasteiger partial charge in [-0.1, -0.05) is 12.1 Å². The number of imidazole rings is 1. The van der Waals surface area contributed by atoms with E-state index >= 15 is 0 Å². The predicted molar refractivity (Wildman–Crippen MR) is 124 cm³/mol. The highest BCUT2D eigenvalue weighted by Gasteiger charge is 2.19. The van der Waals surface area contributed by atoms with Crippen LogP contribution in [0.2, 0.25) is 0 Å². The van der Waals surface area contributed by atoms with Crippen molar-refractivity contribution in [1.29, 1.82) is 0 Å². The van der Waals surface area contributed by atoms with Gasteiger partial charge >= 0.3 is 0 Å². The molecule has 0 radical (unpaired) electrons. The first kappa shape index (κ1) is 18.5. The van der Waals surface area contributed by atoms with Gasteiger partial charge in [0.2, 0.25) is 5.43 Å². The summed E-state index contributed by atoms with van der Waals surface area (Å²) in [5, 5.41) is 1.91. The summed E-state index contributed by atoms with van der Waals surface area (Å²) in [6.45, 7) is 1.95. The van der Waals surface area contributed by atoms with Gasteiger partial charge in [0.05, 0.1) is 26.7 Å². The number of hydrogen-bond acceptors (Lipinski definition) is 7. The number of aromatic nitrogens is 7. The molecule has 2 N–H and O–H groups in total.